The van der Waals surface area contributed by atoms with Gasteiger partial charge in [0.2, 0.25) is 10.0 Å². The monoisotopic (exact) mass is 518 g/mol. The van der Waals surface area contributed by atoms with Gasteiger partial charge in [-0.1, -0.05) is 36.8 Å². The van der Waals surface area contributed by atoms with Gasteiger partial charge in [0, 0.05) is 31.5 Å². The van der Waals surface area contributed by atoms with Crippen molar-refractivity contribution in [3.8, 4) is 0 Å². The van der Waals surface area contributed by atoms with E-state index in [9.17, 15) is 13.2 Å². The molecule has 35 heavy (non-hydrogen) atoms. The fourth-order valence-electron chi connectivity index (χ4n) is 2.93. The summed E-state index contributed by atoms with van der Waals surface area (Å²) in [5.41, 5.74) is 1.28. The van der Waals surface area contributed by atoms with Gasteiger partial charge in [0.1, 0.15) is 27.3 Å². The molecule has 0 fully saturated rings. The molecule has 188 valence electrons. The van der Waals surface area contributed by atoms with Crippen molar-refractivity contribution in [2.45, 2.75) is 51.3 Å². The van der Waals surface area contributed by atoms with E-state index < -0.39 is 10.0 Å². The van der Waals surface area contributed by atoms with Gasteiger partial charge >= 0.3 is 0 Å². The third-order valence-electron chi connectivity index (χ3n) is 4.90. The number of rotatable bonds is 14. The van der Waals surface area contributed by atoms with E-state index in [1.54, 1.807) is 30.3 Å². The van der Waals surface area contributed by atoms with Gasteiger partial charge < -0.3 is 15.4 Å². The molecule has 0 radical (unpaired) electrons. The number of carbonyl (C=O) groups is 1. The minimum Gasteiger partial charge on any atom is -0.374 e. The van der Waals surface area contributed by atoms with Crippen LogP contribution in [0.2, 0.25) is 0 Å². The molecule has 0 aliphatic carbocycles. The van der Waals surface area contributed by atoms with E-state index in [0.717, 1.165) is 28.4 Å². The zero-order valence-electron chi connectivity index (χ0n) is 19.8. The Labute approximate surface area is 209 Å². The second kappa shape index (κ2) is 13.2. The topological polar surface area (TPSA) is 135 Å². The van der Waals surface area contributed by atoms with Crippen LogP contribution in [0.15, 0.2) is 47.5 Å². The number of amides is 1. The Bertz CT molecular complexity index is 1180. The van der Waals surface area contributed by atoms with Crippen LogP contribution in [0.4, 0.5) is 5.82 Å². The van der Waals surface area contributed by atoms with Crippen LogP contribution in [0, 0.1) is 0 Å². The molecule has 3 N–H and O–H groups in total. The number of sulfonamides is 1. The summed E-state index contributed by atoms with van der Waals surface area (Å²) in [6.45, 7) is 6.19. The lowest BCUT2D eigenvalue weighted by atomic mass is 10.1. The Hall–Kier alpha value is -2.93. The van der Waals surface area contributed by atoms with Gasteiger partial charge in [0.15, 0.2) is 0 Å². The van der Waals surface area contributed by atoms with Crippen LogP contribution in [-0.2, 0) is 34.5 Å². The smallest absolute Gasteiger partial charge is 0.251 e. The van der Waals surface area contributed by atoms with Crippen LogP contribution in [0.1, 0.15) is 52.6 Å². The molecule has 0 unspecified atom stereocenters. The SMILES string of the molecule is CCCCNC(=O)c1ccc(CNS(=O)(=O)c2ccc(NCc3nnc(COCC)s3)nc2)cc1. The zero-order chi connectivity index (χ0) is 25.1. The van der Waals surface area contributed by atoms with Gasteiger partial charge in [-0.25, -0.2) is 18.1 Å². The minimum absolute atomic E-state index is 0.0601. The minimum atomic E-state index is -3.74. The Kier molecular flexibility index (Phi) is 10.1. The van der Waals surface area contributed by atoms with E-state index >= 15 is 0 Å². The highest BCUT2D eigenvalue weighted by molar-refractivity contribution is 7.89. The number of carbonyl (C=O) groups excluding carboxylic acids is 1. The van der Waals surface area contributed by atoms with Crippen LogP contribution in [0.25, 0.3) is 0 Å². The van der Waals surface area contributed by atoms with Crippen LogP contribution in [-0.4, -0.2) is 42.7 Å². The Morgan fingerprint density at radius 3 is 2.49 bits per heavy atom. The molecule has 0 saturated heterocycles. The summed E-state index contributed by atoms with van der Waals surface area (Å²) in [4.78, 5) is 16.3. The van der Waals surface area contributed by atoms with E-state index in [-0.39, 0.29) is 17.3 Å². The summed E-state index contributed by atoms with van der Waals surface area (Å²) in [5, 5.41) is 15.7. The lowest BCUT2D eigenvalue weighted by molar-refractivity contribution is 0.0953. The van der Waals surface area contributed by atoms with E-state index in [1.807, 2.05) is 6.92 Å². The number of pyridine rings is 1. The molecule has 0 aliphatic heterocycles. The third-order valence-corrected chi connectivity index (χ3v) is 7.19. The quantitative estimate of drug-likeness (QED) is 0.277. The summed E-state index contributed by atoms with van der Waals surface area (Å²) in [6, 6.07) is 9.92. The van der Waals surface area contributed by atoms with Crippen molar-refractivity contribution >= 4 is 33.1 Å². The van der Waals surface area contributed by atoms with Gasteiger partial charge in [-0.05, 0) is 43.2 Å². The largest absolute Gasteiger partial charge is 0.374 e. The van der Waals surface area contributed by atoms with Crippen molar-refractivity contribution in [2.75, 3.05) is 18.5 Å². The van der Waals surface area contributed by atoms with Gasteiger partial charge in [0.25, 0.3) is 5.91 Å². The lowest BCUT2D eigenvalue weighted by Crippen LogP contribution is -2.25. The standard InChI is InChI=1S/C23H30N6O4S2/c1-3-5-12-24-23(30)18-8-6-17(7-9-18)13-27-35(31,32)19-10-11-20(25-14-19)26-15-21-28-29-22(34-21)16-33-4-2/h6-11,14,27H,3-5,12-13,15-16H2,1-2H3,(H,24,30)(H,25,26). The van der Waals surface area contributed by atoms with Crippen molar-refractivity contribution in [1.82, 2.24) is 25.2 Å². The van der Waals surface area contributed by atoms with E-state index in [4.69, 9.17) is 4.74 Å². The molecule has 0 saturated carbocycles. The average molecular weight is 519 g/mol. The number of hydrogen-bond acceptors (Lipinski definition) is 9. The second-order valence-electron chi connectivity index (χ2n) is 7.59. The third kappa shape index (κ3) is 8.35. The van der Waals surface area contributed by atoms with Gasteiger partial charge in [-0.3, -0.25) is 4.79 Å². The first-order valence-corrected chi connectivity index (χ1v) is 13.7. The van der Waals surface area contributed by atoms with Crippen molar-refractivity contribution < 1.29 is 17.9 Å². The molecule has 0 aliphatic rings. The van der Waals surface area contributed by atoms with Crippen molar-refractivity contribution in [1.29, 1.82) is 0 Å². The van der Waals surface area contributed by atoms with Crippen LogP contribution in [0.3, 0.4) is 0 Å². The fraction of sp³-hybridized carbons (Fsp3) is 0.391. The molecule has 2 aromatic heterocycles. The van der Waals surface area contributed by atoms with Crippen LogP contribution in [0.5, 0.6) is 0 Å². The van der Waals surface area contributed by atoms with E-state index in [1.165, 1.54) is 23.6 Å². The molecular weight excluding hydrogens is 488 g/mol. The Morgan fingerprint density at radius 1 is 1.03 bits per heavy atom. The number of nitrogens with zero attached hydrogens (tertiary/aromatic N) is 3. The molecule has 3 aromatic rings. The molecule has 12 heteroatoms. The summed E-state index contributed by atoms with van der Waals surface area (Å²) < 4.78 is 33.2. The fourth-order valence-corrected chi connectivity index (χ4v) is 4.62. The van der Waals surface area contributed by atoms with Crippen molar-refractivity contribution in [3.63, 3.8) is 0 Å². The highest BCUT2D eigenvalue weighted by Crippen LogP contribution is 2.15. The van der Waals surface area contributed by atoms with Crippen LogP contribution >= 0.6 is 11.3 Å². The average Bonchev–Trinajstić information content (AvgIpc) is 3.33. The first-order valence-electron chi connectivity index (χ1n) is 11.4. The summed E-state index contributed by atoms with van der Waals surface area (Å²) >= 11 is 1.44. The number of anilines is 1. The molecule has 0 atom stereocenters. The number of ether oxygens (including phenoxy) is 1. The number of hydrogen-bond donors (Lipinski definition) is 3. The number of aromatic nitrogens is 3. The van der Waals surface area contributed by atoms with Gasteiger partial charge in [-0.15, -0.1) is 10.2 Å². The van der Waals surface area contributed by atoms with E-state index in [0.29, 0.717) is 37.7 Å². The summed E-state index contributed by atoms with van der Waals surface area (Å²) in [5.74, 6) is 0.390. The molecule has 1 aromatic carbocycles. The Balaban J connectivity index is 1.49. The first-order chi connectivity index (χ1) is 16.9. The second-order valence-corrected chi connectivity index (χ2v) is 10.5. The molecule has 10 nitrogen and oxygen atoms in total. The maximum atomic E-state index is 12.6. The molecule has 3 rings (SSSR count). The van der Waals surface area contributed by atoms with Gasteiger partial charge in [-0.2, -0.15) is 0 Å². The zero-order valence-corrected chi connectivity index (χ0v) is 21.4. The molecule has 2 heterocycles. The van der Waals surface area contributed by atoms with Crippen molar-refractivity contribution in [3.05, 3.63) is 63.7 Å². The predicted molar refractivity (Wildman–Crippen MR) is 135 cm³/mol. The molecule has 1 amide bonds. The summed E-state index contributed by atoms with van der Waals surface area (Å²) in [7, 11) is -3.74. The van der Waals surface area contributed by atoms with Crippen LogP contribution < -0.4 is 15.4 Å². The number of unbranched alkanes of at least 4 members (excludes halogenated alkanes) is 1. The highest BCUT2D eigenvalue weighted by atomic mass is 32.2. The maximum absolute atomic E-state index is 12.6. The number of nitrogens with one attached hydrogen (secondary N) is 3. The predicted octanol–water partition coefficient (Wildman–Crippen LogP) is 3.09. The molecule has 0 spiro atoms. The van der Waals surface area contributed by atoms with Crippen molar-refractivity contribution in [2.24, 2.45) is 0 Å². The Morgan fingerprint density at radius 2 is 1.80 bits per heavy atom. The normalized spacial score (nSPS) is 11.4. The highest BCUT2D eigenvalue weighted by Gasteiger charge is 2.15. The number of benzene rings is 1. The first kappa shape index (κ1) is 26.7. The van der Waals surface area contributed by atoms with Gasteiger partial charge in [0.05, 0.1) is 6.54 Å². The van der Waals surface area contributed by atoms with E-state index in [2.05, 4.69) is 37.5 Å². The lowest BCUT2D eigenvalue weighted by Gasteiger charge is -2.09. The summed E-state index contributed by atoms with van der Waals surface area (Å²) in [6.07, 6.45) is 3.24. The molecular formula is C23H30N6O4S2. The maximum Gasteiger partial charge on any atom is 0.251 e. The molecule has 0 bridgehead atoms.